The van der Waals surface area contributed by atoms with E-state index in [0.717, 1.165) is 29.7 Å². The molecular weight excluding hydrogens is 364 g/mol. The van der Waals surface area contributed by atoms with Crippen LogP contribution in [0, 0.1) is 17.2 Å². The number of amidine groups is 1. The lowest BCUT2D eigenvalue weighted by Gasteiger charge is -2.29. The highest BCUT2D eigenvalue weighted by Crippen LogP contribution is 2.36. The van der Waals surface area contributed by atoms with E-state index in [1.807, 2.05) is 12.1 Å². The summed E-state index contributed by atoms with van der Waals surface area (Å²) in [7, 11) is 0. The molecule has 2 atom stereocenters. The van der Waals surface area contributed by atoms with Crippen LogP contribution in [0.25, 0.3) is 0 Å². The standard InChI is InChI=1S/C28H38N2/c29-28(30)27-18-14-22(15-19-27)9-11-24-5-3-4-23(20-24)10-8-21-12-16-26(17-13-21)25-6-1-2-7-25/h12-19,23-25H,1-11,20H2,(H3,29,30). The summed E-state index contributed by atoms with van der Waals surface area (Å²) in [6, 6.07) is 17.9. The second-order valence-electron chi connectivity index (χ2n) is 9.81. The maximum atomic E-state index is 7.52. The monoisotopic (exact) mass is 402 g/mol. The SMILES string of the molecule is N=C(N)c1ccc(CCC2CCCC(CCc3ccc(C4CCCC4)cc3)C2)cc1. The van der Waals surface area contributed by atoms with Crippen LogP contribution in [0.15, 0.2) is 48.5 Å². The number of hydrogen-bond acceptors (Lipinski definition) is 1. The van der Waals surface area contributed by atoms with Gasteiger partial charge in [0.2, 0.25) is 0 Å². The smallest absolute Gasteiger partial charge is 0.122 e. The van der Waals surface area contributed by atoms with Gasteiger partial charge in [0.15, 0.2) is 0 Å². The molecule has 2 aliphatic rings. The largest absolute Gasteiger partial charge is 0.384 e. The minimum absolute atomic E-state index is 0.157. The Hall–Kier alpha value is -2.09. The van der Waals surface area contributed by atoms with Crippen molar-refractivity contribution >= 4 is 5.84 Å². The highest BCUT2D eigenvalue weighted by Gasteiger charge is 2.22. The molecule has 0 bridgehead atoms. The first-order chi connectivity index (χ1) is 14.7. The molecule has 160 valence electrons. The van der Waals surface area contributed by atoms with Crippen molar-refractivity contribution in [3.63, 3.8) is 0 Å². The van der Waals surface area contributed by atoms with Gasteiger partial charge in [-0.1, -0.05) is 80.6 Å². The molecule has 2 saturated carbocycles. The summed E-state index contributed by atoms with van der Waals surface area (Å²) in [6.07, 6.45) is 16.3. The molecule has 2 aromatic rings. The lowest BCUT2D eigenvalue weighted by molar-refractivity contribution is 0.244. The van der Waals surface area contributed by atoms with E-state index < -0.39 is 0 Å². The summed E-state index contributed by atoms with van der Waals surface area (Å²) in [6.45, 7) is 0. The minimum Gasteiger partial charge on any atom is -0.384 e. The third-order valence-corrected chi connectivity index (χ3v) is 7.65. The van der Waals surface area contributed by atoms with Gasteiger partial charge in [0.05, 0.1) is 0 Å². The average molecular weight is 403 g/mol. The minimum atomic E-state index is 0.157. The van der Waals surface area contributed by atoms with E-state index in [2.05, 4.69) is 36.4 Å². The van der Waals surface area contributed by atoms with E-state index in [0.29, 0.717) is 0 Å². The summed E-state index contributed by atoms with van der Waals surface area (Å²) < 4.78 is 0. The van der Waals surface area contributed by atoms with Crippen molar-refractivity contribution in [3.05, 3.63) is 70.8 Å². The fourth-order valence-corrected chi connectivity index (χ4v) is 5.73. The molecule has 0 amide bonds. The van der Waals surface area contributed by atoms with Crippen molar-refractivity contribution in [2.45, 2.75) is 83.0 Å². The van der Waals surface area contributed by atoms with Gasteiger partial charge in [-0.15, -0.1) is 0 Å². The molecule has 2 fully saturated rings. The van der Waals surface area contributed by atoms with Gasteiger partial charge in [0.25, 0.3) is 0 Å². The maximum absolute atomic E-state index is 7.52. The zero-order valence-corrected chi connectivity index (χ0v) is 18.4. The predicted octanol–water partition coefficient (Wildman–Crippen LogP) is 7.00. The molecule has 0 saturated heterocycles. The Morgan fingerprint density at radius 2 is 1.27 bits per heavy atom. The van der Waals surface area contributed by atoms with Crippen molar-refractivity contribution < 1.29 is 0 Å². The second kappa shape index (κ2) is 10.3. The zero-order chi connectivity index (χ0) is 20.8. The Morgan fingerprint density at radius 3 is 1.80 bits per heavy atom. The normalized spacial score (nSPS) is 22.3. The van der Waals surface area contributed by atoms with Gasteiger partial charge in [-0.25, -0.2) is 0 Å². The molecule has 4 rings (SSSR count). The van der Waals surface area contributed by atoms with Crippen LogP contribution in [0.4, 0.5) is 0 Å². The van der Waals surface area contributed by atoms with E-state index in [1.54, 1.807) is 5.56 Å². The Bertz CT molecular complexity index is 800. The number of nitrogens with one attached hydrogen (secondary N) is 1. The van der Waals surface area contributed by atoms with Crippen LogP contribution < -0.4 is 5.73 Å². The van der Waals surface area contributed by atoms with Gasteiger partial charge >= 0.3 is 0 Å². The molecule has 3 N–H and O–H groups in total. The molecule has 0 heterocycles. The molecule has 30 heavy (non-hydrogen) atoms. The number of aryl methyl sites for hydroxylation is 2. The summed E-state index contributed by atoms with van der Waals surface area (Å²) >= 11 is 0. The van der Waals surface area contributed by atoms with Crippen LogP contribution in [0.3, 0.4) is 0 Å². The van der Waals surface area contributed by atoms with E-state index in [9.17, 15) is 0 Å². The van der Waals surface area contributed by atoms with Crippen molar-refractivity contribution in [2.75, 3.05) is 0 Å². The van der Waals surface area contributed by atoms with Crippen LogP contribution >= 0.6 is 0 Å². The van der Waals surface area contributed by atoms with Crippen LogP contribution in [-0.2, 0) is 12.8 Å². The fourth-order valence-electron chi connectivity index (χ4n) is 5.73. The molecule has 0 aliphatic heterocycles. The van der Waals surface area contributed by atoms with Crippen LogP contribution in [0.2, 0.25) is 0 Å². The first-order valence-corrected chi connectivity index (χ1v) is 12.2. The fraction of sp³-hybridized carbons (Fsp3) is 0.536. The van der Waals surface area contributed by atoms with Crippen molar-refractivity contribution in [1.29, 1.82) is 5.41 Å². The van der Waals surface area contributed by atoms with Gasteiger partial charge in [-0.2, -0.15) is 0 Å². The van der Waals surface area contributed by atoms with Crippen LogP contribution in [0.1, 0.15) is 92.4 Å². The lowest BCUT2D eigenvalue weighted by Crippen LogP contribution is -2.17. The van der Waals surface area contributed by atoms with E-state index in [4.69, 9.17) is 11.1 Å². The quantitative estimate of drug-likeness (QED) is 0.362. The summed E-state index contributed by atoms with van der Waals surface area (Å²) in [5.41, 5.74) is 10.9. The van der Waals surface area contributed by atoms with Crippen molar-refractivity contribution in [3.8, 4) is 0 Å². The first-order valence-electron chi connectivity index (χ1n) is 12.2. The van der Waals surface area contributed by atoms with Gasteiger partial charge < -0.3 is 5.73 Å². The van der Waals surface area contributed by atoms with Crippen LogP contribution in [-0.4, -0.2) is 5.84 Å². The maximum Gasteiger partial charge on any atom is 0.122 e. The number of nitrogens with two attached hydrogens (primary N) is 1. The number of hydrogen-bond donors (Lipinski definition) is 2. The number of rotatable bonds is 8. The Labute approximate surface area is 182 Å². The molecule has 0 spiro atoms. The lowest BCUT2D eigenvalue weighted by atomic mass is 9.77. The van der Waals surface area contributed by atoms with Crippen molar-refractivity contribution in [2.24, 2.45) is 17.6 Å². The number of benzene rings is 2. The highest BCUT2D eigenvalue weighted by molar-refractivity contribution is 5.94. The summed E-state index contributed by atoms with van der Waals surface area (Å²) in [5, 5.41) is 7.52. The summed E-state index contributed by atoms with van der Waals surface area (Å²) in [4.78, 5) is 0. The predicted molar refractivity (Wildman–Crippen MR) is 127 cm³/mol. The molecule has 2 heteroatoms. The number of nitrogen functional groups attached to an aromatic ring is 1. The zero-order valence-electron chi connectivity index (χ0n) is 18.4. The molecule has 0 radical (unpaired) electrons. The molecular formula is C28H38N2. The Kier molecular flexibility index (Phi) is 7.25. The molecule has 0 aromatic heterocycles. The van der Waals surface area contributed by atoms with Gasteiger partial charge in [0, 0.05) is 5.56 Å². The highest BCUT2D eigenvalue weighted by atomic mass is 14.7. The van der Waals surface area contributed by atoms with E-state index >= 15 is 0 Å². The van der Waals surface area contributed by atoms with Crippen molar-refractivity contribution in [1.82, 2.24) is 0 Å². The molecule has 2 aromatic carbocycles. The topological polar surface area (TPSA) is 49.9 Å². The Morgan fingerprint density at radius 1 is 0.733 bits per heavy atom. The first kappa shape index (κ1) is 21.2. The van der Waals surface area contributed by atoms with E-state index in [1.165, 1.54) is 81.8 Å². The second-order valence-corrected chi connectivity index (χ2v) is 9.81. The van der Waals surface area contributed by atoms with E-state index in [-0.39, 0.29) is 5.84 Å². The third-order valence-electron chi connectivity index (χ3n) is 7.65. The third kappa shape index (κ3) is 5.74. The summed E-state index contributed by atoms with van der Waals surface area (Å²) in [5.74, 6) is 2.76. The molecule has 2 nitrogen and oxygen atoms in total. The van der Waals surface area contributed by atoms with Gasteiger partial charge in [-0.05, 0) is 79.4 Å². The van der Waals surface area contributed by atoms with Gasteiger partial charge in [-0.3, -0.25) is 5.41 Å². The Balaban J connectivity index is 1.21. The van der Waals surface area contributed by atoms with Gasteiger partial charge in [0.1, 0.15) is 5.84 Å². The molecule has 2 aliphatic carbocycles. The molecule has 2 unspecified atom stereocenters. The van der Waals surface area contributed by atoms with Crippen LogP contribution in [0.5, 0.6) is 0 Å². The average Bonchev–Trinajstić information content (AvgIpc) is 3.32.